The number of likely N-dealkylation sites (N-methyl/N-ethyl adjacent to an activating group) is 1. The molecule has 0 aromatic heterocycles. The molecule has 2 N–H and O–H groups in total. The number of hydrogen-bond acceptors (Lipinski definition) is 4. The molecule has 0 saturated carbocycles. The average Bonchev–Trinajstić information content (AvgIpc) is 3.24. The van der Waals surface area contributed by atoms with Crippen LogP contribution in [-0.4, -0.2) is 75.4 Å². The number of rotatable bonds is 8. The largest absolute Gasteiger partial charge is 0.357 e. The van der Waals surface area contributed by atoms with Crippen molar-refractivity contribution in [3.8, 4) is 0 Å². The van der Waals surface area contributed by atoms with Crippen LogP contribution in [-0.2, 0) is 10.0 Å². The molecule has 2 fully saturated rings. The van der Waals surface area contributed by atoms with E-state index >= 15 is 0 Å². The molecule has 168 valence electrons. The van der Waals surface area contributed by atoms with Crippen LogP contribution < -0.4 is 10.6 Å². The minimum atomic E-state index is -3.38. The minimum Gasteiger partial charge on any atom is -0.357 e. The zero-order chi connectivity index (χ0) is 21.4. The smallest absolute Gasteiger partial charge is 0.243 e. The van der Waals surface area contributed by atoms with E-state index in [-0.39, 0.29) is 0 Å². The minimum absolute atomic E-state index is 0.383. The van der Waals surface area contributed by atoms with E-state index in [2.05, 4.69) is 29.4 Å². The Morgan fingerprint density at radius 3 is 2.47 bits per heavy atom. The Hall–Kier alpha value is -1.64. The van der Waals surface area contributed by atoms with Crippen LogP contribution >= 0.6 is 0 Å². The van der Waals surface area contributed by atoms with E-state index in [1.54, 1.807) is 28.6 Å². The van der Waals surface area contributed by atoms with Gasteiger partial charge in [0.25, 0.3) is 0 Å². The Balaban J connectivity index is 1.49. The zero-order valence-corrected chi connectivity index (χ0v) is 19.2. The summed E-state index contributed by atoms with van der Waals surface area (Å²) in [5, 5.41) is 6.86. The lowest BCUT2D eigenvalue weighted by molar-refractivity contribution is 0.266. The topological polar surface area (TPSA) is 77.0 Å². The van der Waals surface area contributed by atoms with Crippen molar-refractivity contribution in [1.82, 2.24) is 19.8 Å². The van der Waals surface area contributed by atoms with Gasteiger partial charge in [-0.1, -0.05) is 25.1 Å². The van der Waals surface area contributed by atoms with Crippen LogP contribution in [0.15, 0.2) is 40.2 Å². The zero-order valence-electron chi connectivity index (χ0n) is 18.4. The summed E-state index contributed by atoms with van der Waals surface area (Å²) < 4.78 is 27.2. The van der Waals surface area contributed by atoms with Gasteiger partial charge in [-0.3, -0.25) is 9.89 Å². The Labute approximate surface area is 182 Å². The first-order valence-electron chi connectivity index (χ1n) is 11.4. The summed E-state index contributed by atoms with van der Waals surface area (Å²) in [7, 11) is -3.38. The molecule has 1 aromatic rings. The molecule has 1 aromatic carbocycles. The molecule has 2 heterocycles. The standard InChI is InChI=1S/C22H37N5O2S/c1-3-23-22(25-18-20-9-8-14-26(20)4-2)24-17-19-12-15-27(16-13-19)30(28,29)21-10-6-5-7-11-21/h5-7,10-11,19-20H,3-4,8-9,12-18H2,1-2H3,(H2,23,24,25). The summed E-state index contributed by atoms with van der Waals surface area (Å²) in [5.41, 5.74) is 0. The highest BCUT2D eigenvalue weighted by molar-refractivity contribution is 7.89. The molecule has 1 unspecified atom stereocenters. The Morgan fingerprint density at radius 1 is 1.07 bits per heavy atom. The van der Waals surface area contributed by atoms with Gasteiger partial charge in [-0.25, -0.2) is 8.42 Å². The highest BCUT2D eigenvalue weighted by Crippen LogP contribution is 2.24. The summed E-state index contributed by atoms with van der Waals surface area (Å²) in [4.78, 5) is 7.71. The molecular weight excluding hydrogens is 398 g/mol. The highest BCUT2D eigenvalue weighted by atomic mass is 32.2. The molecule has 30 heavy (non-hydrogen) atoms. The van der Waals surface area contributed by atoms with Gasteiger partial charge in [0.1, 0.15) is 0 Å². The lowest BCUT2D eigenvalue weighted by Gasteiger charge is -2.30. The predicted octanol–water partition coefficient (Wildman–Crippen LogP) is 2.13. The van der Waals surface area contributed by atoms with E-state index in [9.17, 15) is 8.42 Å². The molecule has 0 radical (unpaired) electrons. The van der Waals surface area contributed by atoms with Crippen molar-refractivity contribution in [2.45, 2.75) is 50.5 Å². The van der Waals surface area contributed by atoms with Crippen molar-refractivity contribution < 1.29 is 8.42 Å². The summed E-state index contributed by atoms with van der Waals surface area (Å²) in [6.45, 7) is 10.2. The fourth-order valence-corrected chi connectivity index (χ4v) is 5.88. The molecule has 2 aliphatic heterocycles. The first-order chi connectivity index (χ1) is 14.5. The molecule has 0 aliphatic carbocycles. The third-order valence-corrected chi connectivity index (χ3v) is 8.13. The van der Waals surface area contributed by atoms with E-state index in [4.69, 9.17) is 4.99 Å². The highest BCUT2D eigenvalue weighted by Gasteiger charge is 2.29. The number of nitrogens with one attached hydrogen (secondary N) is 2. The lowest BCUT2D eigenvalue weighted by atomic mass is 9.98. The van der Waals surface area contributed by atoms with Crippen molar-refractivity contribution in [1.29, 1.82) is 0 Å². The van der Waals surface area contributed by atoms with Crippen LogP contribution in [0.25, 0.3) is 0 Å². The average molecular weight is 436 g/mol. The molecule has 3 rings (SSSR count). The van der Waals surface area contributed by atoms with Gasteiger partial charge in [-0.15, -0.1) is 0 Å². The SMILES string of the molecule is CCNC(=NCC1CCN(S(=O)(=O)c2ccccc2)CC1)NCC1CCCN1CC. The molecular formula is C22H37N5O2S. The van der Waals surface area contributed by atoms with Crippen LogP contribution in [0.5, 0.6) is 0 Å². The quantitative estimate of drug-likeness (QED) is 0.483. The van der Waals surface area contributed by atoms with Gasteiger partial charge in [-0.2, -0.15) is 4.31 Å². The normalized spacial score (nSPS) is 22.3. The van der Waals surface area contributed by atoms with Gasteiger partial charge in [0.2, 0.25) is 10.0 Å². The maximum absolute atomic E-state index is 12.8. The Morgan fingerprint density at radius 2 is 1.80 bits per heavy atom. The summed E-state index contributed by atoms with van der Waals surface area (Å²) >= 11 is 0. The fraction of sp³-hybridized carbons (Fsp3) is 0.682. The van der Waals surface area contributed by atoms with E-state index in [0.29, 0.717) is 29.9 Å². The van der Waals surface area contributed by atoms with E-state index < -0.39 is 10.0 Å². The molecule has 7 nitrogen and oxygen atoms in total. The second-order valence-electron chi connectivity index (χ2n) is 8.19. The van der Waals surface area contributed by atoms with Crippen LogP contribution in [0, 0.1) is 5.92 Å². The number of piperidine rings is 1. The summed E-state index contributed by atoms with van der Waals surface area (Å²) in [6.07, 6.45) is 4.22. The second kappa shape index (κ2) is 11.1. The van der Waals surface area contributed by atoms with Gasteiger partial charge < -0.3 is 10.6 Å². The van der Waals surface area contributed by atoms with Gasteiger partial charge in [0.05, 0.1) is 4.90 Å². The van der Waals surface area contributed by atoms with Crippen LogP contribution in [0.2, 0.25) is 0 Å². The maximum atomic E-state index is 12.8. The van der Waals surface area contributed by atoms with Gasteiger partial charge >= 0.3 is 0 Å². The monoisotopic (exact) mass is 435 g/mol. The number of hydrogen-bond donors (Lipinski definition) is 2. The predicted molar refractivity (Wildman–Crippen MR) is 122 cm³/mol. The van der Waals surface area contributed by atoms with E-state index in [0.717, 1.165) is 45.0 Å². The van der Waals surface area contributed by atoms with Gasteiger partial charge in [0.15, 0.2) is 5.96 Å². The number of aliphatic imine (C=N–C) groups is 1. The molecule has 0 bridgehead atoms. The molecule has 1 atom stereocenters. The summed E-state index contributed by atoms with van der Waals surface area (Å²) in [6, 6.07) is 9.31. The third kappa shape index (κ3) is 5.95. The number of benzene rings is 1. The molecule has 2 aliphatic rings. The first-order valence-corrected chi connectivity index (χ1v) is 12.8. The Bertz CT molecular complexity index is 776. The van der Waals surface area contributed by atoms with Crippen LogP contribution in [0.4, 0.5) is 0 Å². The lowest BCUT2D eigenvalue weighted by Crippen LogP contribution is -2.45. The third-order valence-electron chi connectivity index (χ3n) is 6.22. The van der Waals surface area contributed by atoms with Gasteiger partial charge in [0, 0.05) is 38.8 Å². The van der Waals surface area contributed by atoms with Crippen molar-refractivity contribution in [2.24, 2.45) is 10.9 Å². The fourth-order valence-electron chi connectivity index (χ4n) is 4.39. The number of guanidine groups is 1. The molecule has 0 spiro atoms. The maximum Gasteiger partial charge on any atom is 0.243 e. The van der Waals surface area contributed by atoms with E-state index in [1.165, 1.54) is 19.4 Å². The van der Waals surface area contributed by atoms with Crippen molar-refractivity contribution in [3.63, 3.8) is 0 Å². The van der Waals surface area contributed by atoms with Crippen molar-refractivity contribution in [2.75, 3.05) is 45.8 Å². The summed E-state index contributed by atoms with van der Waals surface area (Å²) in [5.74, 6) is 1.29. The van der Waals surface area contributed by atoms with Crippen molar-refractivity contribution in [3.05, 3.63) is 30.3 Å². The second-order valence-corrected chi connectivity index (χ2v) is 10.1. The van der Waals surface area contributed by atoms with Crippen LogP contribution in [0.1, 0.15) is 39.5 Å². The van der Waals surface area contributed by atoms with E-state index in [1.807, 2.05) is 6.07 Å². The molecule has 8 heteroatoms. The number of nitrogens with zero attached hydrogens (tertiary/aromatic N) is 3. The van der Waals surface area contributed by atoms with Crippen LogP contribution in [0.3, 0.4) is 0 Å². The van der Waals surface area contributed by atoms with Gasteiger partial charge in [-0.05, 0) is 63.7 Å². The molecule has 0 amide bonds. The van der Waals surface area contributed by atoms with Crippen molar-refractivity contribution >= 4 is 16.0 Å². The molecule has 2 saturated heterocycles. The number of sulfonamides is 1. The first kappa shape index (κ1) is 23.0. The Kier molecular flexibility index (Phi) is 8.53. The number of likely N-dealkylation sites (tertiary alicyclic amines) is 1.